The minimum absolute atomic E-state index is 0.149. The van der Waals surface area contributed by atoms with Crippen LogP contribution in [-0.4, -0.2) is 76.0 Å². The normalized spacial score (nSPS) is 19.6. The third-order valence-corrected chi connectivity index (χ3v) is 5.52. The van der Waals surface area contributed by atoms with Crippen molar-refractivity contribution in [1.29, 1.82) is 0 Å². The van der Waals surface area contributed by atoms with Crippen LogP contribution in [0.25, 0.3) is 0 Å². The summed E-state index contributed by atoms with van der Waals surface area (Å²) in [5.74, 6) is 1.59. The lowest BCUT2D eigenvalue weighted by molar-refractivity contribution is 0.0691. The van der Waals surface area contributed by atoms with E-state index in [2.05, 4.69) is 14.9 Å². The van der Waals surface area contributed by atoms with E-state index < -0.39 is 9.84 Å². The van der Waals surface area contributed by atoms with Crippen molar-refractivity contribution in [1.82, 2.24) is 9.97 Å². The third kappa shape index (κ3) is 5.18. The SMILES string of the molecule is CS(=O)(=O)CCCOCCCc1nc(Cl)nc2c1OC[C@@H]1COCCN21. The smallest absolute Gasteiger partial charge is 0.224 e. The fourth-order valence-electron chi connectivity index (χ4n) is 3.08. The second-order valence-electron chi connectivity index (χ2n) is 6.52. The van der Waals surface area contributed by atoms with Gasteiger partial charge in [-0.25, -0.2) is 13.4 Å². The molecular formula is C16H24ClN3O5S. The Hall–Kier alpha value is -1.16. The van der Waals surface area contributed by atoms with Gasteiger partial charge in [-0.2, -0.15) is 4.98 Å². The van der Waals surface area contributed by atoms with Crippen LogP contribution in [0.1, 0.15) is 18.5 Å². The van der Waals surface area contributed by atoms with Gasteiger partial charge < -0.3 is 19.1 Å². The molecule has 26 heavy (non-hydrogen) atoms. The van der Waals surface area contributed by atoms with Gasteiger partial charge in [0, 0.05) is 26.0 Å². The minimum atomic E-state index is -2.93. The Morgan fingerprint density at radius 3 is 2.88 bits per heavy atom. The van der Waals surface area contributed by atoms with Crippen LogP contribution < -0.4 is 9.64 Å². The van der Waals surface area contributed by atoms with Gasteiger partial charge in [-0.1, -0.05) is 0 Å². The summed E-state index contributed by atoms with van der Waals surface area (Å²) in [5.41, 5.74) is 0.782. The van der Waals surface area contributed by atoms with Gasteiger partial charge in [-0.3, -0.25) is 0 Å². The van der Waals surface area contributed by atoms with Crippen molar-refractivity contribution in [3.05, 3.63) is 11.0 Å². The molecule has 1 saturated heterocycles. The number of anilines is 1. The van der Waals surface area contributed by atoms with Crippen LogP contribution in [0.5, 0.6) is 5.75 Å². The monoisotopic (exact) mass is 405 g/mol. The van der Waals surface area contributed by atoms with Gasteiger partial charge in [-0.15, -0.1) is 0 Å². The molecule has 0 amide bonds. The first-order valence-electron chi connectivity index (χ1n) is 8.73. The van der Waals surface area contributed by atoms with Crippen LogP contribution >= 0.6 is 11.6 Å². The highest BCUT2D eigenvalue weighted by Crippen LogP contribution is 2.36. The predicted molar refractivity (Wildman–Crippen MR) is 98.0 cm³/mol. The molecule has 0 saturated carbocycles. The van der Waals surface area contributed by atoms with E-state index in [1.165, 1.54) is 6.26 Å². The molecule has 0 N–H and O–H groups in total. The van der Waals surface area contributed by atoms with Crippen molar-refractivity contribution in [3.8, 4) is 5.75 Å². The van der Waals surface area contributed by atoms with Crippen molar-refractivity contribution in [2.24, 2.45) is 0 Å². The van der Waals surface area contributed by atoms with Gasteiger partial charge in [0.25, 0.3) is 0 Å². The van der Waals surface area contributed by atoms with Crippen molar-refractivity contribution in [3.63, 3.8) is 0 Å². The summed E-state index contributed by atoms with van der Waals surface area (Å²) in [4.78, 5) is 10.9. The molecule has 0 aliphatic carbocycles. The van der Waals surface area contributed by atoms with Gasteiger partial charge in [-0.05, 0) is 30.9 Å². The molecule has 0 unspecified atom stereocenters. The van der Waals surface area contributed by atoms with E-state index in [1.54, 1.807) is 0 Å². The summed E-state index contributed by atoms with van der Waals surface area (Å²) in [6.07, 6.45) is 3.14. The number of halogens is 1. The maximum Gasteiger partial charge on any atom is 0.224 e. The summed E-state index contributed by atoms with van der Waals surface area (Å²) in [7, 11) is -2.93. The maximum atomic E-state index is 11.1. The second kappa shape index (κ2) is 8.69. The Morgan fingerprint density at radius 1 is 1.27 bits per heavy atom. The molecule has 1 atom stereocenters. The Bertz CT molecular complexity index is 731. The summed E-state index contributed by atoms with van der Waals surface area (Å²) in [6, 6.07) is 0.160. The first-order valence-corrected chi connectivity index (χ1v) is 11.2. The summed E-state index contributed by atoms with van der Waals surface area (Å²) in [6.45, 7) is 3.55. The molecule has 1 aromatic heterocycles. The fraction of sp³-hybridized carbons (Fsp3) is 0.750. The molecule has 0 radical (unpaired) electrons. The summed E-state index contributed by atoms with van der Waals surface area (Å²) < 4.78 is 39.0. The van der Waals surface area contributed by atoms with Crippen molar-refractivity contribution in [2.45, 2.75) is 25.3 Å². The zero-order valence-corrected chi connectivity index (χ0v) is 16.4. The van der Waals surface area contributed by atoms with Crippen LogP contribution in [-0.2, 0) is 25.7 Å². The Labute approximate surface area is 158 Å². The van der Waals surface area contributed by atoms with Crippen LogP contribution in [0, 0.1) is 0 Å². The number of nitrogens with zero attached hydrogens (tertiary/aromatic N) is 3. The number of ether oxygens (including phenoxy) is 3. The molecule has 0 bridgehead atoms. The van der Waals surface area contributed by atoms with Gasteiger partial charge >= 0.3 is 0 Å². The van der Waals surface area contributed by atoms with Gasteiger partial charge in [0.05, 0.1) is 30.7 Å². The number of hydrogen-bond acceptors (Lipinski definition) is 8. The van der Waals surface area contributed by atoms with Crippen molar-refractivity contribution < 1.29 is 22.6 Å². The Morgan fingerprint density at radius 2 is 2.08 bits per heavy atom. The maximum absolute atomic E-state index is 11.1. The van der Waals surface area contributed by atoms with Crippen LogP contribution in [0.3, 0.4) is 0 Å². The van der Waals surface area contributed by atoms with E-state index in [0.717, 1.165) is 24.5 Å². The van der Waals surface area contributed by atoms with Crippen molar-refractivity contribution >= 4 is 27.3 Å². The Kier molecular flexibility index (Phi) is 6.55. The quantitative estimate of drug-likeness (QED) is 0.469. The standard InChI is InChI=1S/C16H24ClN3O5S/c1-26(21,22)9-3-7-23-6-2-4-13-14-15(19-16(17)18-13)20-5-8-24-10-12(20)11-25-14/h12H,2-11H2,1H3/t12-/m0/s1. The van der Waals surface area contributed by atoms with E-state index in [-0.39, 0.29) is 17.1 Å². The molecule has 0 aromatic carbocycles. The predicted octanol–water partition coefficient (Wildman–Crippen LogP) is 1.11. The zero-order chi connectivity index (χ0) is 18.6. The van der Waals surface area contributed by atoms with Gasteiger partial charge in [0.2, 0.25) is 5.28 Å². The Balaban J connectivity index is 1.53. The molecule has 1 fully saturated rings. The molecule has 8 nitrogen and oxygen atoms in total. The lowest BCUT2D eigenvalue weighted by Crippen LogP contribution is -2.51. The van der Waals surface area contributed by atoms with Crippen LogP contribution in [0.4, 0.5) is 5.82 Å². The number of hydrogen-bond donors (Lipinski definition) is 0. The van der Waals surface area contributed by atoms with E-state index in [0.29, 0.717) is 51.6 Å². The largest absolute Gasteiger partial charge is 0.486 e. The molecule has 3 heterocycles. The van der Waals surface area contributed by atoms with Gasteiger partial charge in [0.15, 0.2) is 11.6 Å². The van der Waals surface area contributed by atoms with E-state index in [4.69, 9.17) is 25.8 Å². The number of rotatable bonds is 8. The molecule has 3 rings (SSSR count). The topological polar surface area (TPSA) is 90.9 Å². The highest BCUT2D eigenvalue weighted by Gasteiger charge is 2.33. The lowest BCUT2D eigenvalue weighted by atomic mass is 10.1. The lowest BCUT2D eigenvalue weighted by Gasteiger charge is -2.40. The van der Waals surface area contributed by atoms with Gasteiger partial charge in [0.1, 0.15) is 16.4 Å². The van der Waals surface area contributed by atoms with E-state index in [9.17, 15) is 8.42 Å². The molecule has 2 aliphatic rings. The average Bonchev–Trinajstić information content (AvgIpc) is 2.59. The first kappa shape index (κ1) is 19.6. The molecule has 1 aromatic rings. The highest BCUT2D eigenvalue weighted by molar-refractivity contribution is 7.90. The molecule has 10 heteroatoms. The van der Waals surface area contributed by atoms with E-state index in [1.807, 2.05) is 0 Å². The zero-order valence-electron chi connectivity index (χ0n) is 14.8. The molecule has 0 spiro atoms. The van der Waals surface area contributed by atoms with Crippen molar-refractivity contribution in [2.75, 3.05) is 56.5 Å². The molecule has 146 valence electrons. The molecular weight excluding hydrogens is 382 g/mol. The number of aryl methyl sites for hydroxylation is 1. The highest BCUT2D eigenvalue weighted by atomic mass is 35.5. The minimum Gasteiger partial charge on any atom is -0.486 e. The average molecular weight is 406 g/mol. The summed E-state index contributed by atoms with van der Waals surface area (Å²) >= 11 is 6.11. The fourth-order valence-corrected chi connectivity index (χ4v) is 3.91. The van der Waals surface area contributed by atoms with Crippen LogP contribution in [0.2, 0.25) is 5.28 Å². The summed E-state index contributed by atoms with van der Waals surface area (Å²) in [5, 5.41) is 0.212. The number of fused-ring (bicyclic) bond motifs is 3. The third-order valence-electron chi connectivity index (χ3n) is 4.32. The van der Waals surface area contributed by atoms with Crippen LogP contribution in [0.15, 0.2) is 0 Å². The van der Waals surface area contributed by atoms with E-state index >= 15 is 0 Å². The molecule has 2 aliphatic heterocycles. The first-order chi connectivity index (χ1) is 12.4. The second-order valence-corrected chi connectivity index (χ2v) is 9.12. The number of morpholine rings is 1. The number of sulfone groups is 1. The number of aromatic nitrogens is 2.